The van der Waals surface area contributed by atoms with E-state index in [2.05, 4.69) is 45.9 Å². The Morgan fingerprint density at radius 3 is 2.26 bits per heavy atom. The first-order valence-electron chi connectivity index (χ1n) is 10.1. The molecule has 1 atom stereocenters. The number of anilines is 1. The average molecular weight is 490 g/mol. The minimum atomic E-state index is -0.493. The van der Waals surface area contributed by atoms with Crippen LogP contribution in [0.4, 0.5) is 5.69 Å². The molecule has 1 unspecified atom stereocenters. The highest BCUT2D eigenvalue weighted by Crippen LogP contribution is 2.30. The first-order valence-corrected chi connectivity index (χ1v) is 10.9. The summed E-state index contributed by atoms with van der Waals surface area (Å²) >= 11 is 3.46. The summed E-state index contributed by atoms with van der Waals surface area (Å²) < 4.78 is 6.30. The number of rotatable bonds is 8. The topological polar surface area (TPSA) is 96.5 Å². The Kier molecular flexibility index (Phi) is 9.05. The predicted molar refractivity (Wildman–Crippen MR) is 124 cm³/mol. The van der Waals surface area contributed by atoms with Gasteiger partial charge in [0, 0.05) is 17.2 Å². The molecule has 2 rings (SSSR count). The van der Waals surface area contributed by atoms with Crippen molar-refractivity contribution >= 4 is 39.3 Å². The van der Waals surface area contributed by atoms with E-state index < -0.39 is 11.8 Å². The molecule has 0 heterocycles. The van der Waals surface area contributed by atoms with Gasteiger partial charge in [-0.2, -0.15) is 0 Å². The predicted octanol–water partition coefficient (Wildman–Crippen LogP) is 4.40. The van der Waals surface area contributed by atoms with Gasteiger partial charge in [0.2, 0.25) is 5.91 Å². The zero-order valence-corrected chi connectivity index (χ0v) is 19.7. The van der Waals surface area contributed by atoms with Crippen molar-refractivity contribution in [3.63, 3.8) is 0 Å². The lowest BCUT2D eigenvalue weighted by Crippen LogP contribution is -2.43. The molecule has 0 spiro atoms. The average Bonchev–Trinajstić information content (AvgIpc) is 2.76. The van der Waals surface area contributed by atoms with Gasteiger partial charge in [-0.1, -0.05) is 33.8 Å². The number of hydrogen-bond donors (Lipinski definition) is 3. The Hall–Kier alpha value is -2.87. The van der Waals surface area contributed by atoms with Gasteiger partial charge in [-0.25, -0.2) is 0 Å². The molecule has 0 saturated carbocycles. The van der Waals surface area contributed by atoms with Crippen LogP contribution in [-0.4, -0.2) is 24.3 Å². The van der Waals surface area contributed by atoms with Crippen LogP contribution in [0.25, 0.3) is 0 Å². The molecule has 0 aromatic heterocycles. The Labute approximate surface area is 191 Å². The summed E-state index contributed by atoms with van der Waals surface area (Å²) in [5.41, 5.74) is 6.79. The van der Waals surface area contributed by atoms with E-state index in [-0.39, 0.29) is 18.4 Å². The third-order valence-electron chi connectivity index (χ3n) is 4.75. The number of ether oxygens (including phenoxy) is 1. The summed E-state index contributed by atoms with van der Waals surface area (Å²) in [7, 11) is 0. The molecule has 0 fully saturated rings. The number of carbonyl (C=O) groups is 3. The largest absolute Gasteiger partial charge is 0.483 e. The molecule has 0 aliphatic heterocycles. The van der Waals surface area contributed by atoms with Crippen LogP contribution in [0.1, 0.15) is 56.0 Å². The zero-order valence-electron chi connectivity index (χ0n) is 18.1. The van der Waals surface area contributed by atoms with E-state index >= 15 is 0 Å². The van der Waals surface area contributed by atoms with Gasteiger partial charge in [-0.15, -0.1) is 0 Å². The molecule has 31 heavy (non-hydrogen) atoms. The first kappa shape index (κ1) is 24.4. The quantitative estimate of drug-likeness (QED) is 0.478. The third-order valence-corrected chi connectivity index (χ3v) is 5.37. The van der Waals surface area contributed by atoms with Crippen LogP contribution in [0.3, 0.4) is 0 Å². The summed E-state index contributed by atoms with van der Waals surface area (Å²) in [5.74, 6) is -0.234. The molecule has 0 radical (unpaired) electrons. The molecule has 7 nitrogen and oxygen atoms in total. The molecule has 0 saturated heterocycles. The lowest BCUT2D eigenvalue weighted by molar-refractivity contribution is -0.124. The Morgan fingerprint density at radius 1 is 1.00 bits per heavy atom. The summed E-state index contributed by atoms with van der Waals surface area (Å²) in [6, 6.07) is 12.1. The number of hydrogen-bond acceptors (Lipinski definition) is 4. The Bertz CT molecular complexity index is 929. The van der Waals surface area contributed by atoms with Crippen molar-refractivity contribution in [2.45, 2.75) is 40.0 Å². The van der Waals surface area contributed by atoms with Crippen molar-refractivity contribution in [1.29, 1.82) is 0 Å². The number of halogens is 1. The van der Waals surface area contributed by atoms with Crippen LogP contribution in [-0.2, 0) is 9.59 Å². The first-order chi connectivity index (χ1) is 14.7. The van der Waals surface area contributed by atoms with Crippen molar-refractivity contribution in [1.82, 2.24) is 10.9 Å². The van der Waals surface area contributed by atoms with Crippen molar-refractivity contribution in [3.05, 3.63) is 58.1 Å². The van der Waals surface area contributed by atoms with E-state index in [0.717, 1.165) is 10.9 Å². The Morgan fingerprint density at radius 2 is 1.68 bits per heavy atom. The maximum atomic E-state index is 12.2. The summed E-state index contributed by atoms with van der Waals surface area (Å²) in [6.45, 7) is 7.62. The number of carbonyl (C=O) groups excluding carboxylic acids is 3. The van der Waals surface area contributed by atoms with Gasteiger partial charge in [-0.3, -0.25) is 25.2 Å². The van der Waals surface area contributed by atoms with E-state index in [4.69, 9.17) is 4.74 Å². The second kappa shape index (κ2) is 11.5. The fraction of sp³-hybridized carbons (Fsp3) is 0.348. The highest BCUT2D eigenvalue weighted by atomic mass is 79.9. The smallest absolute Gasteiger partial charge is 0.276 e. The second-order valence-electron chi connectivity index (χ2n) is 7.51. The van der Waals surface area contributed by atoms with E-state index in [0.29, 0.717) is 22.9 Å². The number of benzene rings is 2. The van der Waals surface area contributed by atoms with Gasteiger partial charge in [0.1, 0.15) is 5.75 Å². The summed E-state index contributed by atoms with van der Waals surface area (Å²) in [6.07, 6.45) is 1.03. The lowest BCUT2D eigenvalue weighted by atomic mass is 9.99. The van der Waals surface area contributed by atoms with Gasteiger partial charge in [-0.05, 0) is 70.2 Å². The summed E-state index contributed by atoms with van der Waals surface area (Å²) in [4.78, 5) is 35.9. The van der Waals surface area contributed by atoms with Crippen LogP contribution in [0.2, 0.25) is 0 Å². The van der Waals surface area contributed by atoms with Crippen LogP contribution >= 0.6 is 15.9 Å². The molecule has 0 bridgehead atoms. The molecule has 8 heteroatoms. The maximum Gasteiger partial charge on any atom is 0.276 e. The minimum absolute atomic E-state index is 0.106. The van der Waals surface area contributed by atoms with Crippen LogP contribution in [0, 0.1) is 5.92 Å². The molecular weight excluding hydrogens is 462 g/mol. The van der Waals surface area contributed by atoms with E-state index in [1.165, 1.54) is 5.56 Å². The molecule has 2 aromatic carbocycles. The van der Waals surface area contributed by atoms with E-state index in [9.17, 15) is 14.4 Å². The second-order valence-corrected chi connectivity index (χ2v) is 8.37. The number of amides is 3. The van der Waals surface area contributed by atoms with E-state index in [1.807, 2.05) is 18.2 Å². The van der Waals surface area contributed by atoms with Gasteiger partial charge in [0.05, 0.1) is 4.47 Å². The van der Waals surface area contributed by atoms with Crippen molar-refractivity contribution < 1.29 is 19.1 Å². The lowest BCUT2D eigenvalue weighted by Gasteiger charge is -2.13. The highest BCUT2D eigenvalue weighted by molar-refractivity contribution is 9.10. The Balaban J connectivity index is 1.82. The van der Waals surface area contributed by atoms with Crippen molar-refractivity contribution in [3.8, 4) is 5.75 Å². The minimum Gasteiger partial charge on any atom is -0.483 e. The number of nitrogens with one attached hydrogen (secondary N) is 3. The van der Waals surface area contributed by atoms with Crippen LogP contribution < -0.4 is 20.9 Å². The SMILES string of the molecule is CCC(C)c1ccc(OCC(=O)NNC(=O)c2ccc(NC(=O)C(C)C)cc2)c(Br)c1. The highest BCUT2D eigenvalue weighted by Gasteiger charge is 2.12. The van der Waals surface area contributed by atoms with Crippen LogP contribution in [0.5, 0.6) is 5.75 Å². The normalized spacial score (nSPS) is 11.5. The maximum absolute atomic E-state index is 12.2. The third kappa shape index (κ3) is 7.40. The number of hydrazine groups is 1. The fourth-order valence-electron chi connectivity index (χ4n) is 2.55. The van der Waals surface area contributed by atoms with Crippen molar-refractivity contribution in [2.24, 2.45) is 5.92 Å². The van der Waals surface area contributed by atoms with Gasteiger partial charge in [0.25, 0.3) is 11.8 Å². The molecule has 3 N–H and O–H groups in total. The molecule has 2 aromatic rings. The van der Waals surface area contributed by atoms with Crippen LogP contribution in [0.15, 0.2) is 46.9 Å². The molecule has 0 aliphatic carbocycles. The van der Waals surface area contributed by atoms with Gasteiger partial charge in [0.15, 0.2) is 6.61 Å². The van der Waals surface area contributed by atoms with E-state index in [1.54, 1.807) is 38.1 Å². The zero-order chi connectivity index (χ0) is 23.0. The monoisotopic (exact) mass is 489 g/mol. The van der Waals surface area contributed by atoms with Gasteiger partial charge < -0.3 is 10.1 Å². The molecule has 0 aliphatic rings. The molecular formula is C23H28BrN3O4. The molecule has 166 valence electrons. The summed E-state index contributed by atoms with van der Waals surface area (Å²) in [5, 5.41) is 2.75. The molecule has 3 amide bonds. The standard InChI is InChI=1S/C23H28BrN3O4/c1-5-15(4)17-8-11-20(19(24)12-17)31-13-21(28)26-27-23(30)16-6-9-18(10-7-16)25-22(29)14(2)3/h6-12,14-15H,5,13H2,1-4H3,(H,25,29)(H,26,28)(H,27,30). The van der Waals surface area contributed by atoms with Crippen molar-refractivity contribution in [2.75, 3.05) is 11.9 Å². The fourth-order valence-corrected chi connectivity index (χ4v) is 3.06. The van der Waals surface area contributed by atoms with Gasteiger partial charge >= 0.3 is 0 Å².